The summed E-state index contributed by atoms with van der Waals surface area (Å²) in [6, 6.07) is 5.97. The van der Waals surface area contributed by atoms with E-state index in [0.717, 1.165) is 18.7 Å². The number of aliphatic hydroxyl groups excluding tert-OH is 1. The number of β-amino-alcohol motifs (C(OH)–C–C–N with tert-alkyl or cyclic N) is 1. The zero-order valence-corrected chi connectivity index (χ0v) is 13.9. The Kier molecular flexibility index (Phi) is 5.80. The number of aromatic nitrogens is 1. The van der Waals surface area contributed by atoms with Gasteiger partial charge in [-0.15, -0.1) is 0 Å². The average molecular weight is 347 g/mol. The molecule has 1 aliphatic rings. The molecule has 3 N–H and O–H groups in total. The van der Waals surface area contributed by atoms with Crippen molar-refractivity contribution < 1.29 is 19.0 Å². The van der Waals surface area contributed by atoms with Crippen molar-refractivity contribution in [2.24, 2.45) is 0 Å². The summed E-state index contributed by atoms with van der Waals surface area (Å²) < 4.78 is 18.3. The number of nitrogens with zero attached hydrogens (tertiary/aromatic N) is 1. The summed E-state index contributed by atoms with van der Waals surface area (Å²) >= 11 is 0. The number of H-pyrrole nitrogens is 1. The van der Waals surface area contributed by atoms with Gasteiger partial charge in [0.2, 0.25) is 0 Å². The van der Waals surface area contributed by atoms with Gasteiger partial charge in [-0.05, 0) is 17.7 Å². The molecule has 0 bridgehead atoms. The number of benzene rings is 1. The second-order valence-corrected chi connectivity index (χ2v) is 6.07. The summed E-state index contributed by atoms with van der Waals surface area (Å²) in [5.74, 6) is -0.599. The Morgan fingerprint density at radius 1 is 1.28 bits per heavy atom. The largest absolute Gasteiger partial charge is 0.390 e. The van der Waals surface area contributed by atoms with Crippen LogP contribution >= 0.6 is 0 Å². The molecule has 7 heteroatoms. The maximum Gasteiger partial charge on any atom is 0.253 e. The molecule has 1 aromatic carbocycles. The van der Waals surface area contributed by atoms with Crippen LogP contribution in [0.2, 0.25) is 0 Å². The third-order valence-corrected chi connectivity index (χ3v) is 4.22. The number of hydrogen-bond donors (Lipinski definition) is 3. The molecule has 0 spiro atoms. The van der Waals surface area contributed by atoms with Crippen molar-refractivity contribution in [3.63, 3.8) is 0 Å². The monoisotopic (exact) mass is 347 g/mol. The van der Waals surface area contributed by atoms with Crippen molar-refractivity contribution in [3.05, 3.63) is 48.0 Å². The number of aromatic amines is 1. The highest BCUT2D eigenvalue weighted by molar-refractivity contribution is 6.00. The quantitative estimate of drug-likeness (QED) is 0.735. The molecule has 1 amide bonds. The Hall–Kier alpha value is -2.22. The highest BCUT2D eigenvalue weighted by atomic mass is 19.1. The first-order valence-electron chi connectivity index (χ1n) is 8.32. The summed E-state index contributed by atoms with van der Waals surface area (Å²) in [6.45, 7) is 3.59. The van der Waals surface area contributed by atoms with E-state index in [4.69, 9.17) is 4.74 Å². The van der Waals surface area contributed by atoms with Gasteiger partial charge in [-0.3, -0.25) is 9.69 Å². The molecule has 3 rings (SSSR count). The highest BCUT2D eigenvalue weighted by Gasteiger charge is 2.18. The van der Waals surface area contributed by atoms with Gasteiger partial charge in [0, 0.05) is 44.1 Å². The van der Waals surface area contributed by atoms with Crippen LogP contribution in [0.25, 0.3) is 11.1 Å². The average Bonchev–Trinajstić information content (AvgIpc) is 3.11. The van der Waals surface area contributed by atoms with E-state index in [1.54, 1.807) is 24.5 Å². The second-order valence-electron chi connectivity index (χ2n) is 6.07. The molecule has 1 atom stereocenters. The molecule has 0 radical (unpaired) electrons. The van der Waals surface area contributed by atoms with Crippen LogP contribution in [0.15, 0.2) is 36.7 Å². The minimum atomic E-state index is -0.643. The maximum absolute atomic E-state index is 13.1. The molecule has 1 aromatic heterocycles. The van der Waals surface area contributed by atoms with Crippen LogP contribution < -0.4 is 5.32 Å². The van der Waals surface area contributed by atoms with Gasteiger partial charge < -0.3 is 20.1 Å². The molecular formula is C18H22FN3O3. The van der Waals surface area contributed by atoms with Gasteiger partial charge in [-0.1, -0.05) is 12.1 Å². The lowest BCUT2D eigenvalue weighted by molar-refractivity contribution is 0.0149. The lowest BCUT2D eigenvalue weighted by Crippen LogP contribution is -2.44. The summed E-state index contributed by atoms with van der Waals surface area (Å²) in [5.41, 5.74) is 1.91. The van der Waals surface area contributed by atoms with Crippen LogP contribution in [-0.2, 0) is 4.74 Å². The molecule has 2 aromatic rings. The Balaban J connectivity index is 1.56. The van der Waals surface area contributed by atoms with Crippen molar-refractivity contribution >= 4 is 5.91 Å². The van der Waals surface area contributed by atoms with Crippen molar-refractivity contribution in [1.82, 2.24) is 15.2 Å². The number of carbonyl (C=O) groups is 1. The van der Waals surface area contributed by atoms with Gasteiger partial charge >= 0.3 is 0 Å². The Bertz CT molecular complexity index is 696. The number of carbonyl (C=O) groups excluding carboxylic acids is 1. The van der Waals surface area contributed by atoms with Crippen LogP contribution in [0.4, 0.5) is 4.39 Å². The van der Waals surface area contributed by atoms with E-state index in [1.807, 2.05) is 0 Å². The van der Waals surface area contributed by atoms with E-state index < -0.39 is 6.10 Å². The lowest BCUT2D eigenvalue weighted by atomic mass is 10.0. The van der Waals surface area contributed by atoms with E-state index in [0.29, 0.717) is 30.9 Å². The standard InChI is InChI=1S/C18H22FN3O3/c19-14-3-1-13(2-4-14)16-10-20-11-17(16)18(24)21-9-15(23)12-22-5-7-25-8-6-22/h1-4,10-11,15,20,23H,5-9,12H2,(H,21,24). The highest BCUT2D eigenvalue weighted by Crippen LogP contribution is 2.23. The van der Waals surface area contributed by atoms with Crippen molar-refractivity contribution in [2.75, 3.05) is 39.4 Å². The topological polar surface area (TPSA) is 77.6 Å². The Morgan fingerprint density at radius 3 is 2.72 bits per heavy atom. The number of nitrogens with one attached hydrogen (secondary N) is 2. The zero-order valence-electron chi connectivity index (χ0n) is 13.9. The molecule has 6 nitrogen and oxygen atoms in total. The molecule has 1 aliphatic heterocycles. The number of hydrogen-bond acceptors (Lipinski definition) is 4. The van der Waals surface area contributed by atoms with Gasteiger partial charge in [0.25, 0.3) is 5.91 Å². The summed E-state index contributed by atoms with van der Waals surface area (Å²) in [4.78, 5) is 17.4. The fourth-order valence-electron chi connectivity index (χ4n) is 2.87. The summed E-state index contributed by atoms with van der Waals surface area (Å²) in [5, 5.41) is 12.9. The van der Waals surface area contributed by atoms with Crippen LogP contribution in [0.1, 0.15) is 10.4 Å². The number of halogens is 1. The normalized spacial score (nSPS) is 16.6. The van der Waals surface area contributed by atoms with Gasteiger partial charge in [-0.25, -0.2) is 4.39 Å². The van der Waals surface area contributed by atoms with Crippen molar-refractivity contribution in [2.45, 2.75) is 6.10 Å². The van der Waals surface area contributed by atoms with E-state index in [1.165, 1.54) is 12.1 Å². The first-order chi connectivity index (χ1) is 12.1. The molecular weight excluding hydrogens is 325 g/mol. The fraction of sp³-hybridized carbons (Fsp3) is 0.389. The SMILES string of the molecule is O=C(NCC(O)CN1CCOCC1)c1c[nH]cc1-c1ccc(F)cc1. The number of morpholine rings is 1. The first-order valence-corrected chi connectivity index (χ1v) is 8.32. The van der Waals surface area contributed by atoms with Gasteiger partial charge in [0.15, 0.2) is 0 Å². The number of aliphatic hydroxyl groups is 1. The van der Waals surface area contributed by atoms with Crippen molar-refractivity contribution in [3.8, 4) is 11.1 Å². The van der Waals surface area contributed by atoms with Crippen LogP contribution in [0.5, 0.6) is 0 Å². The molecule has 25 heavy (non-hydrogen) atoms. The smallest absolute Gasteiger partial charge is 0.253 e. The predicted octanol–water partition coefficient (Wildman–Crippen LogP) is 1.24. The molecule has 134 valence electrons. The third-order valence-electron chi connectivity index (χ3n) is 4.22. The minimum absolute atomic E-state index is 0.171. The van der Waals surface area contributed by atoms with E-state index in [9.17, 15) is 14.3 Å². The maximum atomic E-state index is 13.1. The molecule has 1 fully saturated rings. The molecule has 2 heterocycles. The predicted molar refractivity (Wildman–Crippen MR) is 91.8 cm³/mol. The number of amides is 1. The number of ether oxygens (including phenoxy) is 1. The van der Waals surface area contributed by atoms with Crippen molar-refractivity contribution in [1.29, 1.82) is 0 Å². The first kappa shape index (κ1) is 17.6. The minimum Gasteiger partial charge on any atom is -0.390 e. The summed E-state index contributed by atoms with van der Waals surface area (Å²) in [6.07, 6.45) is 2.66. The third kappa shape index (κ3) is 4.66. The molecule has 1 unspecified atom stereocenters. The van der Waals surface area contributed by atoms with Gasteiger partial charge in [0.05, 0.1) is 24.9 Å². The molecule has 0 saturated carbocycles. The van der Waals surface area contributed by atoms with Crippen LogP contribution in [0.3, 0.4) is 0 Å². The van der Waals surface area contributed by atoms with Gasteiger partial charge in [-0.2, -0.15) is 0 Å². The van der Waals surface area contributed by atoms with Crippen LogP contribution in [0, 0.1) is 5.82 Å². The molecule has 0 aliphatic carbocycles. The van der Waals surface area contributed by atoms with E-state index in [-0.39, 0.29) is 18.3 Å². The summed E-state index contributed by atoms with van der Waals surface area (Å²) in [7, 11) is 0. The second kappa shape index (κ2) is 8.24. The van der Waals surface area contributed by atoms with E-state index >= 15 is 0 Å². The van der Waals surface area contributed by atoms with Crippen LogP contribution in [-0.4, -0.2) is 66.4 Å². The number of rotatable bonds is 6. The zero-order chi connectivity index (χ0) is 17.6. The Labute approximate surface area is 145 Å². The Morgan fingerprint density at radius 2 is 2.00 bits per heavy atom. The lowest BCUT2D eigenvalue weighted by Gasteiger charge is -2.28. The van der Waals surface area contributed by atoms with E-state index in [2.05, 4.69) is 15.2 Å². The molecule has 1 saturated heterocycles. The fourth-order valence-corrected chi connectivity index (χ4v) is 2.87. The van der Waals surface area contributed by atoms with Gasteiger partial charge in [0.1, 0.15) is 5.82 Å².